The third-order valence-corrected chi connectivity index (χ3v) is 3.12. The van der Waals surface area contributed by atoms with Crippen molar-refractivity contribution in [3.05, 3.63) is 29.6 Å². The Bertz CT molecular complexity index is 322. The van der Waals surface area contributed by atoms with E-state index in [-0.39, 0.29) is 0 Å². The quantitative estimate of drug-likeness (QED) is 0.792. The summed E-state index contributed by atoms with van der Waals surface area (Å²) in [6, 6.07) is 3.23. The Labute approximate surface area is 85.7 Å². The van der Waals surface area contributed by atoms with E-state index < -0.39 is 0 Å². The molecule has 2 heteroatoms. The summed E-state index contributed by atoms with van der Waals surface area (Å²) in [6.45, 7) is 6.65. The second-order valence-corrected chi connectivity index (χ2v) is 4.44. The van der Waals surface area contributed by atoms with Crippen LogP contribution < -0.4 is 5.32 Å². The van der Waals surface area contributed by atoms with Gasteiger partial charge in [0.2, 0.25) is 0 Å². The van der Waals surface area contributed by atoms with Gasteiger partial charge in [0, 0.05) is 24.5 Å². The Morgan fingerprint density at radius 2 is 2.29 bits per heavy atom. The molecule has 1 aromatic rings. The summed E-state index contributed by atoms with van der Waals surface area (Å²) in [5.74, 6) is 0.856. The molecular weight excluding hydrogens is 172 g/mol. The maximum absolute atomic E-state index is 4.17. The SMILES string of the molecule is Cc1ccncc1C(C)NC1CC1C. The number of pyridine rings is 1. The standard InChI is InChI=1S/C12H18N2/c1-8-4-5-13-7-11(8)10(3)14-12-6-9(12)2/h4-5,7,9-10,12,14H,6H2,1-3H3. The van der Waals surface area contributed by atoms with Crippen LogP contribution in [0.25, 0.3) is 0 Å². The minimum atomic E-state index is 0.429. The lowest BCUT2D eigenvalue weighted by Gasteiger charge is -2.15. The van der Waals surface area contributed by atoms with Crippen LogP contribution >= 0.6 is 0 Å². The summed E-state index contributed by atoms with van der Waals surface area (Å²) in [7, 11) is 0. The highest BCUT2D eigenvalue weighted by Crippen LogP contribution is 2.31. The molecule has 2 rings (SSSR count). The molecule has 3 atom stereocenters. The fourth-order valence-corrected chi connectivity index (χ4v) is 1.89. The molecule has 1 saturated carbocycles. The van der Waals surface area contributed by atoms with Gasteiger partial charge in [0.15, 0.2) is 0 Å². The maximum Gasteiger partial charge on any atom is 0.0318 e. The van der Waals surface area contributed by atoms with Gasteiger partial charge >= 0.3 is 0 Å². The fourth-order valence-electron chi connectivity index (χ4n) is 1.89. The molecule has 76 valence electrons. The van der Waals surface area contributed by atoms with Crippen molar-refractivity contribution in [3.63, 3.8) is 0 Å². The van der Waals surface area contributed by atoms with Crippen molar-refractivity contribution in [2.75, 3.05) is 0 Å². The lowest BCUT2D eigenvalue weighted by atomic mass is 10.1. The molecule has 1 heterocycles. The summed E-state index contributed by atoms with van der Waals surface area (Å²) in [5, 5.41) is 3.62. The first-order chi connectivity index (χ1) is 6.68. The fraction of sp³-hybridized carbons (Fsp3) is 0.583. The highest BCUT2D eigenvalue weighted by Gasteiger charge is 2.33. The van der Waals surface area contributed by atoms with Crippen LogP contribution in [0.2, 0.25) is 0 Å². The first-order valence-electron chi connectivity index (χ1n) is 5.35. The number of aromatic nitrogens is 1. The summed E-state index contributed by atoms with van der Waals surface area (Å²) < 4.78 is 0. The average Bonchev–Trinajstić information content (AvgIpc) is 2.82. The molecule has 1 aliphatic rings. The van der Waals surface area contributed by atoms with Crippen LogP contribution in [0.4, 0.5) is 0 Å². The Hall–Kier alpha value is -0.890. The van der Waals surface area contributed by atoms with Gasteiger partial charge in [-0.2, -0.15) is 0 Å². The monoisotopic (exact) mass is 190 g/mol. The third-order valence-electron chi connectivity index (χ3n) is 3.12. The molecule has 2 nitrogen and oxygen atoms in total. The van der Waals surface area contributed by atoms with Gasteiger partial charge in [-0.15, -0.1) is 0 Å². The molecule has 0 aromatic carbocycles. The number of hydrogen-bond donors (Lipinski definition) is 1. The second-order valence-electron chi connectivity index (χ2n) is 4.44. The second kappa shape index (κ2) is 3.70. The van der Waals surface area contributed by atoms with Gasteiger partial charge in [-0.05, 0) is 43.4 Å². The van der Waals surface area contributed by atoms with E-state index in [2.05, 4.69) is 37.1 Å². The summed E-state index contributed by atoms with van der Waals surface area (Å²) >= 11 is 0. The minimum Gasteiger partial charge on any atom is -0.307 e. The van der Waals surface area contributed by atoms with Crippen molar-refractivity contribution in [1.29, 1.82) is 0 Å². The van der Waals surface area contributed by atoms with Gasteiger partial charge in [-0.25, -0.2) is 0 Å². The number of rotatable bonds is 3. The summed E-state index contributed by atoms with van der Waals surface area (Å²) in [4.78, 5) is 4.17. The third kappa shape index (κ3) is 1.95. The molecule has 1 aromatic heterocycles. The van der Waals surface area contributed by atoms with Gasteiger partial charge < -0.3 is 5.32 Å². The molecule has 0 aliphatic heterocycles. The normalized spacial score (nSPS) is 27.4. The van der Waals surface area contributed by atoms with Gasteiger partial charge in [-0.3, -0.25) is 4.98 Å². The molecule has 1 aliphatic carbocycles. The van der Waals surface area contributed by atoms with Gasteiger partial charge in [0.1, 0.15) is 0 Å². The topological polar surface area (TPSA) is 24.9 Å². The zero-order valence-corrected chi connectivity index (χ0v) is 9.12. The predicted molar refractivity (Wildman–Crippen MR) is 58.1 cm³/mol. The largest absolute Gasteiger partial charge is 0.307 e. The highest BCUT2D eigenvalue weighted by atomic mass is 15.0. The molecule has 3 unspecified atom stereocenters. The van der Waals surface area contributed by atoms with Crippen LogP contribution in [-0.4, -0.2) is 11.0 Å². The molecule has 0 bridgehead atoms. The van der Waals surface area contributed by atoms with Gasteiger partial charge in [0.05, 0.1) is 0 Å². The molecule has 0 saturated heterocycles. The molecule has 1 fully saturated rings. The summed E-state index contributed by atoms with van der Waals surface area (Å²) in [5.41, 5.74) is 2.65. The smallest absolute Gasteiger partial charge is 0.0318 e. The van der Waals surface area contributed by atoms with E-state index in [1.54, 1.807) is 0 Å². The van der Waals surface area contributed by atoms with Crippen molar-refractivity contribution < 1.29 is 0 Å². The molecule has 14 heavy (non-hydrogen) atoms. The maximum atomic E-state index is 4.17. The Morgan fingerprint density at radius 3 is 2.86 bits per heavy atom. The highest BCUT2D eigenvalue weighted by molar-refractivity contribution is 5.24. The number of aryl methyl sites for hydroxylation is 1. The van der Waals surface area contributed by atoms with Crippen LogP contribution in [0.3, 0.4) is 0 Å². The van der Waals surface area contributed by atoms with Crippen LogP contribution in [0.5, 0.6) is 0 Å². The van der Waals surface area contributed by atoms with E-state index in [4.69, 9.17) is 0 Å². The van der Waals surface area contributed by atoms with Crippen molar-refractivity contribution in [1.82, 2.24) is 10.3 Å². The minimum absolute atomic E-state index is 0.429. The van der Waals surface area contributed by atoms with Crippen molar-refractivity contribution in [3.8, 4) is 0 Å². The molecule has 0 radical (unpaired) electrons. The van der Waals surface area contributed by atoms with Crippen LogP contribution in [0.15, 0.2) is 18.5 Å². The Kier molecular flexibility index (Phi) is 2.55. The van der Waals surface area contributed by atoms with E-state index in [0.29, 0.717) is 6.04 Å². The number of nitrogens with zero attached hydrogens (tertiary/aromatic N) is 1. The first kappa shape index (κ1) is 9.66. The molecule has 0 amide bonds. The van der Waals surface area contributed by atoms with E-state index in [1.165, 1.54) is 17.5 Å². The van der Waals surface area contributed by atoms with E-state index in [9.17, 15) is 0 Å². The van der Waals surface area contributed by atoms with E-state index in [1.807, 2.05) is 12.4 Å². The van der Waals surface area contributed by atoms with Crippen molar-refractivity contribution in [2.24, 2.45) is 5.92 Å². The first-order valence-corrected chi connectivity index (χ1v) is 5.35. The lowest BCUT2D eigenvalue weighted by Crippen LogP contribution is -2.22. The zero-order valence-electron chi connectivity index (χ0n) is 9.12. The molecule has 1 N–H and O–H groups in total. The summed E-state index contributed by atoms with van der Waals surface area (Å²) in [6.07, 6.45) is 5.15. The molecular formula is C12H18N2. The number of nitrogens with one attached hydrogen (secondary N) is 1. The Morgan fingerprint density at radius 1 is 1.57 bits per heavy atom. The van der Waals surface area contributed by atoms with Gasteiger partial charge in [-0.1, -0.05) is 6.92 Å². The zero-order chi connectivity index (χ0) is 10.1. The van der Waals surface area contributed by atoms with Crippen LogP contribution in [0, 0.1) is 12.8 Å². The predicted octanol–water partition coefficient (Wildman–Crippen LogP) is 2.45. The van der Waals surface area contributed by atoms with Gasteiger partial charge in [0.25, 0.3) is 0 Å². The van der Waals surface area contributed by atoms with E-state index >= 15 is 0 Å². The van der Waals surface area contributed by atoms with Crippen LogP contribution in [0.1, 0.15) is 37.4 Å². The molecule has 0 spiro atoms. The average molecular weight is 190 g/mol. The Balaban J connectivity index is 2.03. The van der Waals surface area contributed by atoms with E-state index in [0.717, 1.165) is 12.0 Å². The van der Waals surface area contributed by atoms with Crippen LogP contribution in [-0.2, 0) is 0 Å². The van der Waals surface area contributed by atoms with Crippen molar-refractivity contribution in [2.45, 2.75) is 39.3 Å². The number of hydrogen-bond acceptors (Lipinski definition) is 2. The van der Waals surface area contributed by atoms with Crippen molar-refractivity contribution >= 4 is 0 Å². The lowest BCUT2D eigenvalue weighted by molar-refractivity contribution is 0.548.